The van der Waals surface area contributed by atoms with Gasteiger partial charge in [0, 0.05) is 19.4 Å². The number of rotatable bonds is 3. The molecule has 2 heterocycles. The number of aryl methyl sites for hydroxylation is 1. The molecule has 0 saturated heterocycles. The Kier molecular flexibility index (Phi) is 3.80. The Bertz CT molecular complexity index is 817. The van der Waals surface area contributed by atoms with Crippen LogP contribution in [-0.2, 0) is 16.4 Å². The van der Waals surface area contributed by atoms with Crippen LogP contribution in [0.4, 0.5) is 5.69 Å². The van der Waals surface area contributed by atoms with Gasteiger partial charge in [-0.25, -0.2) is 8.42 Å². The van der Waals surface area contributed by atoms with Crippen LogP contribution in [0.15, 0.2) is 47.6 Å². The quantitative estimate of drug-likeness (QED) is 0.867. The summed E-state index contributed by atoms with van der Waals surface area (Å²) in [6, 6.07) is 8.41. The number of nitrogens with zero attached hydrogens (tertiary/aromatic N) is 2. The normalized spacial score (nSPS) is 16.3. The van der Waals surface area contributed by atoms with E-state index in [1.165, 1.54) is 4.31 Å². The molecule has 0 amide bonds. The van der Waals surface area contributed by atoms with E-state index in [0.29, 0.717) is 5.69 Å². The summed E-state index contributed by atoms with van der Waals surface area (Å²) in [6.07, 6.45) is 4.82. The number of benzene rings is 1. The van der Waals surface area contributed by atoms with E-state index in [1.54, 1.807) is 49.8 Å². The summed E-state index contributed by atoms with van der Waals surface area (Å²) in [7, 11) is -2.06. The molecule has 1 aliphatic heterocycles. The van der Waals surface area contributed by atoms with Crippen LogP contribution in [-0.4, -0.2) is 26.1 Å². The highest BCUT2D eigenvalue weighted by Crippen LogP contribution is 2.35. The molecule has 0 fully saturated rings. The summed E-state index contributed by atoms with van der Waals surface area (Å²) >= 11 is 0. The highest BCUT2D eigenvalue weighted by molar-refractivity contribution is 7.92. The van der Waals surface area contributed by atoms with E-state index >= 15 is 0 Å². The average Bonchev–Trinajstić information content (AvgIpc) is 2.53. The van der Waals surface area contributed by atoms with E-state index in [0.717, 1.165) is 24.2 Å². The smallest absolute Gasteiger partial charge is 0.264 e. The van der Waals surface area contributed by atoms with Crippen LogP contribution in [0, 0.1) is 0 Å². The molecule has 122 valence electrons. The fraction of sp³-hybridized carbons (Fsp3) is 0.353. The third-order valence-electron chi connectivity index (χ3n) is 4.10. The maximum absolute atomic E-state index is 12.8. The standard InChI is InChI=1S/C17H20N2O3S/c1-17(2)9-6-13-12-15(4-5-16(13)22-17)23(20,21)19(3)14-7-10-18-11-8-14/h4-5,7-8,10-12H,6,9H2,1-3H3. The molecular weight excluding hydrogens is 312 g/mol. The number of pyridine rings is 1. The molecule has 1 aromatic carbocycles. The molecule has 0 saturated carbocycles. The van der Waals surface area contributed by atoms with Crippen LogP contribution < -0.4 is 9.04 Å². The highest BCUT2D eigenvalue weighted by Gasteiger charge is 2.29. The van der Waals surface area contributed by atoms with Crippen molar-refractivity contribution in [3.63, 3.8) is 0 Å². The topological polar surface area (TPSA) is 59.5 Å². The van der Waals surface area contributed by atoms with Crippen molar-refractivity contribution in [1.82, 2.24) is 4.98 Å². The Morgan fingerprint density at radius 3 is 2.57 bits per heavy atom. The molecule has 1 aromatic heterocycles. The van der Waals surface area contributed by atoms with Gasteiger partial charge < -0.3 is 4.74 Å². The third kappa shape index (κ3) is 3.03. The molecule has 6 heteroatoms. The summed E-state index contributed by atoms with van der Waals surface area (Å²) in [5.74, 6) is 0.770. The minimum absolute atomic E-state index is 0.207. The molecule has 5 nitrogen and oxygen atoms in total. The second kappa shape index (κ2) is 5.53. The largest absolute Gasteiger partial charge is 0.488 e. The van der Waals surface area contributed by atoms with Gasteiger partial charge in [-0.05, 0) is 62.6 Å². The molecule has 23 heavy (non-hydrogen) atoms. The summed E-state index contributed by atoms with van der Waals surface area (Å²) in [5, 5.41) is 0. The number of aromatic nitrogens is 1. The molecular formula is C17H20N2O3S. The van der Waals surface area contributed by atoms with Crippen LogP contribution in [0.3, 0.4) is 0 Å². The minimum Gasteiger partial charge on any atom is -0.488 e. The predicted octanol–water partition coefficient (Wildman–Crippen LogP) is 3.01. The van der Waals surface area contributed by atoms with Crippen molar-refractivity contribution in [2.45, 2.75) is 37.2 Å². The lowest BCUT2D eigenvalue weighted by atomic mass is 9.94. The van der Waals surface area contributed by atoms with Gasteiger partial charge in [0.2, 0.25) is 0 Å². The first-order valence-electron chi connectivity index (χ1n) is 7.50. The van der Waals surface area contributed by atoms with Crippen molar-refractivity contribution < 1.29 is 13.2 Å². The van der Waals surface area contributed by atoms with Crippen LogP contribution in [0.1, 0.15) is 25.8 Å². The summed E-state index contributed by atoms with van der Waals surface area (Å²) in [4.78, 5) is 4.19. The van der Waals surface area contributed by atoms with Gasteiger partial charge in [-0.1, -0.05) is 0 Å². The van der Waals surface area contributed by atoms with Gasteiger partial charge in [0.25, 0.3) is 10.0 Å². The number of fused-ring (bicyclic) bond motifs is 1. The van der Waals surface area contributed by atoms with Crippen molar-refractivity contribution in [2.24, 2.45) is 0 Å². The molecule has 0 radical (unpaired) electrons. The molecule has 1 aliphatic rings. The van der Waals surface area contributed by atoms with Crippen molar-refractivity contribution in [1.29, 1.82) is 0 Å². The zero-order valence-corrected chi connectivity index (χ0v) is 14.3. The Balaban J connectivity index is 1.96. The molecule has 0 N–H and O–H groups in total. The number of sulfonamides is 1. The summed E-state index contributed by atoms with van der Waals surface area (Å²) < 4.78 is 32.8. The Hall–Kier alpha value is -2.08. The van der Waals surface area contributed by atoms with E-state index in [2.05, 4.69) is 4.98 Å². The maximum atomic E-state index is 12.8. The lowest BCUT2D eigenvalue weighted by Gasteiger charge is -2.32. The lowest BCUT2D eigenvalue weighted by Crippen LogP contribution is -2.33. The third-order valence-corrected chi connectivity index (χ3v) is 5.88. The van der Waals surface area contributed by atoms with Crippen LogP contribution >= 0.6 is 0 Å². The first kappa shape index (κ1) is 15.8. The number of ether oxygens (including phenoxy) is 1. The summed E-state index contributed by atoms with van der Waals surface area (Å²) in [5.41, 5.74) is 1.31. The zero-order valence-electron chi connectivity index (χ0n) is 13.5. The van der Waals surface area contributed by atoms with Crippen molar-refractivity contribution >= 4 is 15.7 Å². The SMILES string of the molecule is CN(c1ccncc1)S(=O)(=O)c1ccc2c(c1)CCC(C)(C)O2. The number of hydrogen-bond donors (Lipinski definition) is 0. The molecule has 2 aromatic rings. The van der Waals surface area contributed by atoms with Crippen LogP contribution in [0.25, 0.3) is 0 Å². The van der Waals surface area contributed by atoms with Crippen LogP contribution in [0.5, 0.6) is 5.75 Å². The van der Waals surface area contributed by atoms with Gasteiger partial charge >= 0.3 is 0 Å². The molecule has 0 aliphatic carbocycles. The maximum Gasteiger partial charge on any atom is 0.264 e. The first-order valence-corrected chi connectivity index (χ1v) is 8.94. The van der Waals surface area contributed by atoms with E-state index in [4.69, 9.17) is 4.74 Å². The molecule has 0 bridgehead atoms. The van der Waals surface area contributed by atoms with E-state index in [-0.39, 0.29) is 10.5 Å². The van der Waals surface area contributed by atoms with Gasteiger partial charge in [0.15, 0.2) is 0 Å². The molecule has 0 spiro atoms. The molecule has 3 rings (SSSR count). The molecule has 0 atom stereocenters. The Morgan fingerprint density at radius 2 is 1.87 bits per heavy atom. The van der Waals surface area contributed by atoms with Gasteiger partial charge in [-0.15, -0.1) is 0 Å². The highest BCUT2D eigenvalue weighted by atomic mass is 32.2. The average molecular weight is 332 g/mol. The van der Waals surface area contributed by atoms with Gasteiger partial charge in [0.05, 0.1) is 10.6 Å². The van der Waals surface area contributed by atoms with Crippen LogP contribution in [0.2, 0.25) is 0 Å². The summed E-state index contributed by atoms with van der Waals surface area (Å²) in [6.45, 7) is 4.08. The van der Waals surface area contributed by atoms with E-state index in [9.17, 15) is 8.42 Å². The predicted molar refractivity (Wildman–Crippen MR) is 89.3 cm³/mol. The minimum atomic E-state index is -3.60. The van der Waals surface area contributed by atoms with E-state index in [1.807, 2.05) is 13.8 Å². The second-order valence-electron chi connectivity index (χ2n) is 6.31. The number of anilines is 1. The van der Waals surface area contributed by atoms with Gasteiger partial charge in [-0.2, -0.15) is 0 Å². The molecule has 0 unspecified atom stereocenters. The Morgan fingerprint density at radius 1 is 1.17 bits per heavy atom. The van der Waals surface area contributed by atoms with E-state index < -0.39 is 10.0 Å². The van der Waals surface area contributed by atoms with Crippen molar-refractivity contribution in [2.75, 3.05) is 11.4 Å². The first-order chi connectivity index (χ1) is 10.8. The fourth-order valence-corrected chi connectivity index (χ4v) is 3.89. The monoisotopic (exact) mass is 332 g/mol. The van der Waals surface area contributed by atoms with Gasteiger partial charge in [-0.3, -0.25) is 9.29 Å². The van der Waals surface area contributed by atoms with Crippen molar-refractivity contribution in [3.8, 4) is 5.75 Å². The fourth-order valence-electron chi connectivity index (χ4n) is 2.65. The zero-order chi connectivity index (χ0) is 16.7. The number of hydrogen-bond acceptors (Lipinski definition) is 4. The van der Waals surface area contributed by atoms with Gasteiger partial charge in [0.1, 0.15) is 11.4 Å². The van der Waals surface area contributed by atoms with Crippen molar-refractivity contribution in [3.05, 3.63) is 48.3 Å². The lowest BCUT2D eigenvalue weighted by molar-refractivity contribution is 0.0845. The second-order valence-corrected chi connectivity index (χ2v) is 8.28. The Labute approximate surface area is 137 Å².